The fourth-order valence-electron chi connectivity index (χ4n) is 3.87. The van der Waals surface area contributed by atoms with Crippen LogP contribution in [-0.2, 0) is 0 Å². The van der Waals surface area contributed by atoms with Gasteiger partial charge in [0.05, 0.1) is 0 Å². The molecule has 0 saturated carbocycles. The van der Waals surface area contributed by atoms with E-state index >= 15 is 0 Å². The summed E-state index contributed by atoms with van der Waals surface area (Å²) in [5.74, 6) is 0. The maximum absolute atomic E-state index is 4.08. The molecule has 0 atom stereocenters. The molecule has 2 aromatic carbocycles. The van der Waals surface area contributed by atoms with Gasteiger partial charge in [-0.25, -0.2) is 0 Å². The Labute approximate surface area is 142 Å². The number of benzene rings is 2. The van der Waals surface area contributed by atoms with Gasteiger partial charge in [-0.3, -0.25) is 0 Å². The van der Waals surface area contributed by atoms with Gasteiger partial charge in [0, 0.05) is 0 Å². The van der Waals surface area contributed by atoms with E-state index in [1.165, 1.54) is 15.6 Å². The van der Waals surface area contributed by atoms with Crippen LogP contribution < -0.4 is 10.4 Å². The summed E-state index contributed by atoms with van der Waals surface area (Å²) < 4.78 is 0. The molecule has 0 spiro atoms. The van der Waals surface area contributed by atoms with Gasteiger partial charge in [0.25, 0.3) is 0 Å². The molecule has 23 heavy (non-hydrogen) atoms. The van der Waals surface area contributed by atoms with Gasteiger partial charge >= 0.3 is 0 Å². The fourth-order valence-corrected chi connectivity index (χ4v) is 9.81. The zero-order valence-corrected chi connectivity index (χ0v) is 15.9. The molecule has 0 heterocycles. The van der Waals surface area contributed by atoms with E-state index in [4.69, 9.17) is 0 Å². The highest BCUT2D eigenvalue weighted by molar-refractivity contribution is 7.09. The molecule has 0 aliphatic rings. The Kier molecular flexibility index (Phi) is 5.46. The average Bonchev–Trinajstić information content (AvgIpc) is 2.55. The summed E-state index contributed by atoms with van der Waals surface area (Å²) in [4.78, 5) is 0. The highest BCUT2D eigenvalue weighted by atomic mass is 28.3. The zero-order valence-electron chi connectivity index (χ0n) is 14.9. The molecule has 0 aliphatic carbocycles. The predicted octanol–water partition coefficient (Wildman–Crippen LogP) is 5.10. The van der Waals surface area contributed by atoms with Crippen molar-refractivity contribution in [3.63, 3.8) is 0 Å². The largest absolute Gasteiger partial charge is 0.157 e. The molecular formula is C22H28Si. The van der Waals surface area contributed by atoms with E-state index in [-0.39, 0.29) is 5.04 Å². The molecule has 0 radical (unpaired) electrons. The van der Waals surface area contributed by atoms with Crippen LogP contribution in [0.5, 0.6) is 0 Å². The first-order chi connectivity index (χ1) is 11.0. The summed E-state index contributed by atoms with van der Waals surface area (Å²) in [6.45, 7) is 13.5. The van der Waals surface area contributed by atoms with Crippen molar-refractivity contribution in [3.8, 4) is 0 Å². The third-order valence-corrected chi connectivity index (χ3v) is 10.7. The van der Waals surface area contributed by atoms with Crippen LogP contribution in [0.3, 0.4) is 0 Å². The summed E-state index contributed by atoms with van der Waals surface area (Å²) in [6.07, 6.45) is 2.19. The second kappa shape index (κ2) is 7.17. The first kappa shape index (κ1) is 17.5. The number of allylic oxidation sites excluding steroid dienone is 1. The van der Waals surface area contributed by atoms with Crippen molar-refractivity contribution in [3.05, 3.63) is 78.2 Å². The Bertz CT molecular complexity index is 631. The summed E-state index contributed by atoms with van der Waals surface area (Å²) in [5, 5.41) is 4.48. The normalized spacial score (nSPS) is 11.8. The molecule has 0 nitrogen and oxygen atoms in total. The van der Waals surface area contributed by atoms with Gasteiger partial charge < -0.3 is 0 Å². The Balaban J connectivity index is 2.89. The second-order valence-corrected chi connectivity index (χ2v) is 11.9. The van der Waals surface area contributed by atoms with Crippen molar-refractivity contribution < 1.29 is 0 Å². The smallest absolute Gasteiger partial charge is 0.133 e. The van der Waals surface area contributed by atoms with Crippen molar-refractivity contribution in [2.45, 2.75) is 45.6 Å². The summed E-state index contributed by atoms with van der Waals surface area (Å²) in [5.41, 5.74) is 3.38. The van der Waals surface area contributed by atoms with Crippen molar-refractivity contribution in [2.75, 3.05) is 0 Å². The van der Waals surface area contributed by atoms with Crippen LogP contribution in [0.15, 0.2) is 78.2 Å². The molecule has 0 aliphatic heterocycles. The molecule has 0 amide bonds. The number of hydrogen-bond acceptors (Lipinski definition) is 0. The van der Waals surface area contributed by atoms with E-state index in [0.29, 0.717) is 0 Å². The van der Waals surface area contributed by atoms with Gasteiger partial charge in [-0.1, -0.05) is 101 Å². The van der Waals surface area contributed by atoms with Crippen LogP contribution in [0.25, 0.3) is 0 Å². The molecule has 120 valence electrons. The molecule has 0 aromatic heterocycles. The third-order valence-electron chi connectivity index (χ3n) is 4.70. The monoisotopic (exact) mass is 320 g/mol. The van der Waals surface area contributed by atoms with E-state index < -0.39 is 8.07 Å². The molecule has 0 fully saturated rings. The molecule has 1 heteroatoms. The third kappa shape index (κ3) is 3.13. The molecule has 0 unspecified atom stereocenters. The first-order valence-corrected chi connectivity index (χ1v) is 10.5. The topological polar surface area (TPSA) is 0 Å². The van der Waals surface area contributed by atoms with Crippen molar-refractivity contribution >= 4 is 18.4 Å². The van der Waals surface area contributed by atoms with E-state index in [2.05, 4.69) is 101 Å². The average molecular weight is 321 g/mol. The minimum absolute atomic E-state index is 0.144. The maximum atomic E-state index is 4.08. The van der Waals surface area contributed by atoms with E-state index in [1.54, 1.807) is 0 Å². The Morgan fingerprint density at radius 2 is 1.35 bits per heavy atom. The van der Waals surface area contributed by atoms with Crippen LogP contribution in [0.4, 0.5) is 0 Å². The van der Waals surface area contributed by atoms with E-state index in [9.17, 15) is 0 Å². The highest BCUT2D eigenvalue weighted by Crippen LogP contribution is 2.41. The van der Waals surface area contributed by atoms with Crippen LogP contribution in [0, 0.1) is 0 Å². The van der Waals surface area contributed by atoms with Gasteiger partial charge in [-0.05, 0) is 27.0 Å². The highest BCUT2D eigenvalue weighted by Gasteiger charge is 2.50. The Morgan fingerprint density at radius 3 is 1.65 bits per heavy atom. The second-order valence-electron chi connectivity index (χ2n) is 7.14. The molecule has 0 saturated heterocycles. The van der Waals surface area contributed by atoms with Gasteiger partial charge in [0.1, 0.15) is 0 Å². The summed E-state index contributed by atoms with van der Waals surface area (Å²) >= 11 is 0. The Morgan fingerprint density at radius 1 is 0.913 bits per heavy atom. The lowest BCUT2D eigenvalue weighted by Crippen LogP contribution is -2.65. The van der Waals surface area contributed by atoms with E-state index in [0.717, 1.165) is 12.8 Å². The summed E-state index contributed by atoms with van der Waals surface area (Å²) in [6, 6.07) is 22.1. The lowest BCUT2D eigenvalue weighted by molar-refractivity contribution is 0.730. The van der Waals surface area contributed by atoms with Crippen LogP contribution in [-0.4, -0.2) is 8.07 Å². The molecule has 0 N–H and O–H groups in total. The van der Waals surface area contributed by atoms with Crippen LogP contribution >= 0.6 is 0 Å². The van der Waals surface area contributed by atoms with Crippen LogP contribution in [0.1, 0.15) is 40.5 Å². The lowest BCUT2D eigenvalue weighted by atomic mass is 10.2. The minimum atomic E-state index is -2.16. The number of hydrogen-bond donors (Lipinski definition) is 0. The summed E-state index contributed by atoms with van der Waals surface area (Å²) in [7, 11) is -2.16. The van der Waals surface area contributed by atoms with E-state index in [1.807, 2.05) is 0 Å². The molecule has 0 bridgehead atoms. The quantitative estimate of drug-likeness (QED) is 0.531. The van der Waals surface area contributed by atoms with Gasteiger partial charge in [-0.2, -0.15) is 0 Å². The van der Waals surface area contributed by atoms with Gasteiger partial charge in [0.15, 0.2) is 8.07 Å². The zero-order chi connectivity index (χ0) is 16.9. The Hall–Kier alpha value is -1.82. The van der Waals surface area contributed by atoms with Crippen molar-refractivity contribution in [2.24, 2.45) is 0 Å². The molecule has 2 aromatic rings. The predicted molar refractivity (Wildman–Crippen MR) is 105 cm³/mol. The maximum Gasteiger partial charge on any atom is 0.157 e. The first-order valence-electron chi connectivity index (χ1n) is 8.49. The standard InChI is InChI=1S/C22H28Si/c1-6-14-19(7-2)23(22(3,4)5,20-15-10-8-11-16-20)21-17-12-9-13-18-21/h8-13,15-18H,2,6,14H2,1,3-5H3. The fraction of sp³-hybridized carbons (Fsp3) is 0.318. The molecular weight excluding hydrogens is 292 g/mol. The minimum Gasteiger partial charge on any atom is -0.133 e. The van der Waals surface area contributed by atoms with Crippen LogP contribution in [0.2, 0.25) is 5.04 Å². The van der Waals surface area contributed by atoms with Gasteiger partial charge in [-0.15, -0.1) is 5.73 Å². The van der Waals surface area contributed by atoms with Crippen molar-refractivity contribution in [1.82, 2.24) is 0 Å². The molecule has 2 rings (SSSR count). The SMILES string of the molecule is C=C=C(CCC)[Si](c1ccccc1)(c1ccccc1)C(C)(C)C. The number of rotatable bonds is 5. The lowest BCUT2D eigenvalue weighted by Gasteiger charge is -2.45. The van der Waals surface area contributed by atoms with Gasteiger partial charge in [0.2, 0.25) is 0 Å². The van der Waals surface area contributed by atoms with Crippen molar-refractivity contribution in [1.29, 1.82) is 0 Å².